The lowest BCUT2D eigenvalue weighted by Crippen LogP contribution is -2.30. The second-order valence-electron chi connectivity index (χ2n) is 7.49. The number of rotatable bonds is 5. The van der Waals surface area contributed by atoms with E-state index in [0.29, 0.717) is 6.04 Å². The Morgan fingerprint density at radius 2 is 2.11 bits per heavy atom. The Labute approximate surface area is 174 Å². The SMILES string of the molecule is CN1/C(=N\c2cccc(CCNc3nc4ccccc4s3)c2)SC2CCC[C@H]21. The molecule has 2 heterocycles. The van der Waals surface area contributed by atoms with Gasteiger partial charge < -0.3 is 10.2 Å². The van der Waals surface area contributed by atoms with Crippen molar-refractivity contribution in [1.82, 2.24) is 9.88 Å². The Hall–Kier alpha value is -2.05. The van der Waals surface area contributed by atoms with Gasteiger partial charge in [0.1, 0.15) is 0 Å². The fraction of sp³-hybridized carbons (Fsp3) is 0.364. The van der Waals surface area contributed by atoms with Gasteiger partial charge in [-0.05, 0) is 49.1 Å². The van der Waals surface area contributed by atoms with Crippen LogP contribution in [0.2, 0.25) is 0 Å². The standard InChI is InChI=1S/C22H24N4S2/c1-26-18-9-5-11-20(18)28-22(26)24-16-7-4-6-15(14-16)12-13-23-21-25-17-8-2-3-10-19(17)27-21/h2-4,6-8,10,14,18,20H,5,9,11-13H2,1H3,(H,23,25)/b24-22+/t18-,20?/m1/s1. The van der Waals surface area contributed by atoms with Crippen LogP contribution >= 0.6 is 23.1 Å². The molecule has 1 aliphatic heterocycles. The van der Waals surface area contributed by atoms with E-state index < -0.39 is 0 Å². The van der Waals surface area contributed by atoms with Crippen molar-refractivity contribution in [3.8, 4) is 0 Å². The van der Waals surface area contributed by atoms with Crippen LogP contribution in [0.4, 0.5) is 10.8 Å². The number of hydrogen-bond donors (Lipinski definition) is 1. The molecule has 0 amide bonds. The zero-order valence-electron chi connectivity index (χ0n) is 16.0. The van der Waals surface area contributed by atoms with E-state index in [2.05, 4.69) is 64.7 Å². The van der Waals surface area contributed by atoms with E-state index in [1.807, 2.05) is 17.8 Å². The molecule has 1 aliphatic carbocycles. The molecule has 6 heteroatoms. The van der Waals surface area contributed by atoms with Gasteiger partial charge in [0.05, 0.1) is 15.9 Å². The Morgan fingerprint density at radius 1 is 1.18 bits per heavy atom. The fourth-order valence-corrected chi connectivity index (χ4v) is 6.49. The van der Waals surface area contributed by atoms with Gasteiger partial charge in [-0.1, -0.05) is 53.8 Å². The molecule has 1 saturated heterocycles. The second kappa shape index (κ2) is 7.76. The Bertz CT molecular complexity index is 979. The highest BCUT2D eigenvalue weighted by Gasteiger charge is 2.39. The first-order chi connectivity index (χ1) is 13.8. The summed E-state index contributed by atoms with van der Waals surface area (Å²) in [6.07, 6.45) is 4.96. The molecule has 0 radical (unpaired) electrons. The van der Waals surface area contributed by atoms with Gasteiger partial charge in [0.2, 0.25) is 0 Å². The Balaban J connectivity index is 1.23. The average Bonchev–Trinajstić information content (AvgIpc) is 3.39. The highest BCUT2D eigenvalue weighted by Crippen LogP contribution is 2.41. The summed E-state index contributed by atoms with van der Waals surface area (Å²) in [7, 11) is 2.20. The number of benzene rings is 2. The normalized spacial score (nSPS) is 22.9. The smallest absolute Gasteiger partial charge is 0.183 e. The van der Waals surface area contributed by atoms with E-state index in [1.165, 1.54) is 34.7 Å². The highest BCUT2D eigenvalue weighted by atomic mass is 32.2. The monoisotopic (exact) mass is 408 g/mol. The summed E-state index contributed by atoms with van der Waals surface area (Å²) in [5, 5.41) is 6.38. The van der Waals surface area contributed by atoms with E-state index in [4.69, 9.17) is 4.99 Å². The summed E-state index contributed by atoms with van der Waals surface area (Å²) >= 11 is 3.68. The van der Waals surface area contributed by atoms with Crippen LogP contribution in [0.5, 0.6) is 0 Å². The van der Waals surface area contributed by atoms with Crippen molar-refractivity contribution in [1.29, 1.82) is 0 Å². The third kappa shape index (κ3) is 3.63. The topological polar surface area (TPSA) is 40.5 Å². The van der Waals surface area contributed by atoms with Crippen LogP contribution in [-0.2, 0) is 6.42 Å². The lowest BCUT2D eigenvalue weighted by atomic mass is 10.1. The van der Waals surface area contributed by atoms with Crippen molar-refractivity contribution in [2.45, 2.75) is 37.0 Å². The molecule has 1 N–H and O–H groups in total. The maximum absolute atomic E-state index is 4.95. The van der Waals surface area contributed by atoms with Crippen LogP contribution in [0.3, 0.4) is 0 Å². The zero-order valence-corrected chi connectivity index (χ0v) is 17.6. The predicted octanol–water partition coefficient (Wildman–Crippen LogP) is 5.54. The number of aromatic nitrogens is 1. The van der Waals surface area contributed by atoms with Gasteiger partial charge >= 0.3 is 0 Å². The molecule has 2 fully saturated rings. The largest absolute Gasteiger partial charge is 0.361 e. The van der Waals surface area contributed by atoms with Crippen molar-refractivity contribution >= 4 is 49.3 Å². The Kier molecular flexibility index (Phi) is 4.99. The third-order valence-electron chi connectivity index (χ3n) is 5.59. The first kappa shape index (κ1) is 18.0. The molecule has 2 aromatic carbocycles. The first-order valence-electron chi connectivity index (χ1n) is 9.93. The molecular formula is C22H24N4S2. The van der Waals surface area contributed by atoms with Crippen molar-refractivity contribution in [2.75, 3.05) is 18.9 Å². The molecule has 1 unspecified atom stereocenters. The van der Waals surface area contributed by atoms with Crippen molar-refractivity contribution < 1.29 is 0 Å². The maximum Gasteiger partial charge on any atom is 0.183 e. The number of aliphatic imine (C=N–C) groups is 1. The van der Waals surface area contributed by atoms with E-state index in [-0.39, 0.29) is 0 Å². The van der Waals surface area contributed by atoms with Crippen LogP contribution in [0.1, 0.15) is 24.8 Å². The van der Waals surface area contributed by atoms with Crippen LogP contribution in [0.25, 0.3) is 10.2 Å². The molecule has 2 atom stereocenters. The van der Waals surface area contributed by atoms with Crippen LogP contribution in [0.15, 0.2) is 53.5 Å². The highest BCUT2D eigenvalue weighted by molar-refractivity contribution is 8.14. The molecule has 1 saturated carbocycles. The van der Waals surface area contributed by atoms with Crippen LogP contribution < -0.4 is 5.32 Å². The molecule has 0 bridgehead atoms. The summed E-state index contributed by atoms with van der Waals surface area (Å²) in [4.78, 5) is 12.0. The molecular weight excluding hydrogens is 384 g/mol. The second-order valence-corrected chi connectivity index (χ2v) is 9.73. The lowest BCUT2D eigenvalue weighted by molar-refractivity contribution is 0.397. The van der Waals surface area contributed by atoms with Gasteiger partial charge in [-0.3, -0.25) is 0 Å². The number of para-hydroxylation sites is 1. The van der Waals surface area contributed by atoms with Crippen LogP contribution in [-0.4, -0.2) is 39.9 Å². The predicted molar refractivity (Wildman–Crippen MR) is 122 cm³/mol. The van der Waals surface area contributed by atoms with E-state index >= 15 is 0 Å². The maximum atomic E-state index is 4.95. The summed E-state index contributed by atoms with van der Waals surface area (Å²) in [5.41, 5.74) is 3.43. The third-order valence-corrected chi connectivity index (χ3v) is 8.03. The number of nitrogens with one attached hydrogen (secondary N) is 1. The number of thiazole rings is 1. The molecule has 0 spiro atoms. The minimum absolute atomic E-state index is 0.685. The Morgan fingerprint density at radius 3 is 3.00 bits per heavy atom. The lowest BCUT2D eigenvalue weighted by Gasteiger charge is -2.19. The quantitative estimate of drug-likeness (QED) is 0.602. The number of nitrogens with zero attached hydrogens (tertiary/aromatic N) is 3. The van der Waals surface area contributed by atoms with Gasteiger partial charge in [0.15, 0.2) is 10.3 Å². The van der Waals surface area contributed by atoms with Crippen LogP contribution in [0, 0.1) is 0 Å². The number of hydrogen-bond acceptors (Lipinski definition) is 5. The zero-order chi connectivity index (χ0) is 18.9. The van der Waals surface area contributed by atoms with Gasteiger partial charge in [-0.2, -0.15) is 0 Å². The first-order valence-corrected chi connectivity index (χ1v) is 11.6. The van der Waals surface area contributed by atoms with Crippen molar-refractivity contribution in [3.05, 3.63) is 54.1 Å². The van der Waals surface area contributed by atoms with Gasteiger partial charge in [0.25, 0.3) is 0 Å². The summed E-state index contributed by atoms with van der Waals surface area (Å²) in [6.45, 7) is 0.874. The van der Waals surface area contributed by atoms with Crippen molar-refractivity contribution in [3.63, 3.8) is 0 Å². The molecule has 3 aromatic rings. The number of amidine groups is 1. The molecule has 2 aliphatic rings. The molecule has 5 rings (SSSR count). The number of fused-ring (bicyclic) bond motifs is 2. The number of anilines is 1. The molecule has 4 nitrogen and oxygen atoms in total. The molecule has 144 valence electrons. The van der Waals surface area contributed by atoms with Gasteiger partial charge in [-0.15, -0.1) is 0 Å². The minimum Gasteiger partial charge on any atom is -0.361 e. The average molecular weight is 409 g/mol. The van der Waals surface area contributed by atoms with Gasteiger partial charge in [-0.25, -0.2) is 9.98 Å². The summed E-state index contributed by atoms with van der Waals surface area (Å²) < 4.78 is 1.23. The molecule has 28 heavy (non-hydrogen) atoms. The van der Waals surface area contributed by atoms with Gasteiger partial charge in [0, 0.05) is 24.9 Å². The minimum atomic E-state index is 0.685. The van der Waals surface area contributed by atoms with Crippen molar-refractivity contribution in [2.24, 2.45) is 4.99 Å². The summed E-state index contributed by atoms with van der Waals surface area (Å²) in [5.74, 6) is 0. The van der Waals surface area contributed by atoms with E-state index in [0.717, 1.165) is 34.6 Å². The number of thioether (sulfide) groups is 1. The fourth-order valence-electron chi connectivity index (χ4n) is 4.11. The van der Waals surface area contributed by atoms with E-state index in [1.54, 1.807) is 11.3 Å². The van der Waals surface area contributed by atoms with E-state index in [9.17, 15) is 0 Å². The summed E-state index contributed by atoms with van der Waals surface area (Å²) in [6, 6.07) is 17.6. The molecule has 1 aromatic heterocycles.